The van der Waals surface area contributed by atoms with Gasteiger partial charge < -0.3 is 10.2 Å². The molecule has 102 valence electrons. The maximum absolute atomic E-state index is 13.2. The van der Waals surface area contributed by atoms with Crippen molar-refractivity contribution in [3.8, 4) is 0 Å². The molecule has 0 bridgehead atoms. The van der Waals surface area contributed by atoms with Crippen molar-refractivity contribution in [2.75, 3.05) is 24.5 Å². The number of piperidine rings is 1. The van der Waals surface area contributed by atoms with Gasteiger partial charge in [0.25, 0.3) is 0 Å². The third-order valence-corrected chi connectivity index (χ3v) is 3.59. The normalized spacial score (nSPS) is 19.8. The van der Waals surface area contributed by atoms with Crippen LogP contribution in [-0.2, 0) is 0 Å². The van der Waals surface area contributed by atoms with Crippen LogP contribution in [0.15, 0.2) is 18.3 Å². The Bertz CT molecular complexity index is 561. The molecular formula is C13H18FN5. The molecule has 1 N–H and O–H groups in total. The minimum absolute atomic E-state index is 0.300. The van der Waals surface area contributed by atoms with E-state index in [4.69, 9.17) is 0 Å². The van der Waals surface area contributed by atoms with Crippen LogP contribution in [0.2, 0.25) is 0 Å². The number of pyridine rings is 1. The zero-order chi connectivity index (χ0) is 13.2. The molecule has 19 heavy (non-hydrogen) atoms. The Labute approximate surface area is 111 Å². The van der Waals surface area contributed by atoms with Crippen LogP contribution in [0.3, 0.4) is 0 Å². The fraction of sp³-hybridized carbons (Fsp3) is 0.538. The zero-order valence-corrected chi connectivity index (χ0v) is 11.0. The molecule has 0 aromatic carbocycles. The van der Waals surface area contributed by atoms with Crippen molar-refractivity contribution in [3.63, 3.8) is 0 Å². The first-order valence-electron chi connectivity index (χ1n) is 6.77. The lowest BCUT2D eigenvalue weighted by Crippen LogP contribution is -2.46. The van der Waals surface area contributed by atoms with Crippen LogP contribution in [0.5, 0.6) is 0 Å². The van der Waals surface area contributed by atoms with Gasteiger partial charge in [-0.15, -0.1) is 5.10 Å². The molecule has 3 heterocycles. The molecule has 2 aromatic heterocycles. The second-order valence-electron chi connectivity index (χ2n) is 4.85. The van der Waals surface area contributed by atoms with Crippen LogP contribution in [0.25, 0.3) is 5.65 Å². The quantitative estimate of drug-likeness (QED) is 0.910. The Morgan fingerprint density at radius 1 is 1.53 bits per heavy atom. The minimum atomic E-state index is -0.300. The van der Waals surface area contributed by atoms with E-state index in [-0.39, 0.29) is 5.82 Å². The average molecular weight is 263 g/mol. The van der Waals surface area contributed by atoms with Gasteiger partial charge in [0, 0.05) is 19.1 Å². The summed E-state index contributed by atoms with van der Waals surface area (Å²) in [6.45, 7) is 4.99. The number of rotatable bonds is 3. The molecule has 3 rings (SSSR count). The summed E-state index contributed by atoms with van der Waals surface area (Å²) in [5, 5.41) is 7.78. The third kappa shape index (κ3) is 2.40. The fourth-order valence-electron chi connectivity index (χ4n) is 2.63. The van der Waals surface area contributed by atoms with Gasteiger partial charge in [0.1, 0.15) is 5.82 Å². The van der Waals surface area contributed by atoms with E-state index >= 15 is 0 Å². The number of halogens is 1. The molecule has 6 heteroatoms. The molecule has 0 spiro atoms. The second-order valence-corrected chi connectivity index (χ2v) is 4.85. The third-order valence-electron chi connectivity index (χ3n) is 3.59. The number of anilines is 1. The van der Waals surface area contributed by atoms with E-state index in [1.165, 1.54) is 23.2 Å². The molecule has 5 nitrogen and oxygen atoms in total. The Hall–Kier alpha value is -1.69. The average Bonchev–Trinajstić information content (AvgIpc) is 2.83. The summed E-state index contributed by atoms with van der Waals surface area (Å²) in [6, 6.07) is 3.48. The fourth-order valence-corrected chi connectivity index (χ4v) is 2.63. The predicted octanol–water partition coefficient (Wildman–Crippen LogP) is 1.45. The molecule has 1 saturated heterocycles. The molecule has 1 aliphatic heterocycles. The Morgan fingerprint density at radius 2 is 2.42 bits per heavy atom. The number of nitrogens with one attached hydrogen (secondary N) is 1. The van der Waals surface area contributed by atoms with Gasteiger partial charge in [-0.3, -0.25) is 0 Å². The lowest BCUT2D eigenvalue weighted by atomic mass is 10.1. The number of nitrogens with zero attached hydrogens (tertiary/aromatic N) is 4. The first-order chi connectivity index (χ1) is 9.28. The molecule has 2 aromatic rings. The number of fused-ring (bicyclic) bond motifs is 1. The van der Waals surface area contributed by atoms with Gasteiger partial charge in [0.05, 0.1) is 6.20 Å². The monoisotopic (exact) mass is 263 g/mol. The van der Waals surface area contributed by atoms with Gasteiger partial charge in [-0.1, -0.05) is 0 Å². The molecule has 0 aliphatic carbocycles. The van der Waals surface area contributed by atoms with Gasteiger partial charge in [-0.25, -0.2) is 8.91 Å². The highest BCUT2D eigenvalue weighted by Crippen LogP contribution is 2.18. The van der Waals surface area contributed by atoms with E-state index in [2.05, 4.69) is 27.2 Å². The smallest absolute Gasteiger partial charge is 0.245 e. The molecule has 0 amide bonds. The summed E-state index contributed by atoms with van der Waals surface area (Å²) in [4.78, 5) is 6.68. The van der Waals surface area contributed by atoms with E-state index in [1.807, 2.05) is 0 Å². The van der Waals surface area contributed by atoms with E-state index in [9.17, 15) is 4.39 Å². The number of aromatic nitrogens is 3. The summed E-state index contributed by atoms with van der Waals surface area (Å²) in [5.41, 5.74) is 0.679. The minimum Gasteiger partial charge on any atom is -0.336 e. The van der Waals surface area contributed by atoms with Crippen molar-refractivity contribution in [2.45, 2.75) is 25.8 Å². The van der Waals surface area contributed by atoms with Gasteiger partial charge in [0.2, 0.25) is 5.95 Å². The van der Waals surface area contributed by atoms with Crippen LogP contribution in [0.4, 0.5) is 10.3 Å². The van der Waals surface area contributed by atoms with Crippen molar-refractivity contribution >= 4 is 11.6 Å². The van der Waals surface area contributed by atoms with Gasteiger partial charge >= 0.3 is 0 Å². The van der Waals surface area contributed by atoms with Crippen molar-refractivity contribution in [1.29, 1.82) is 0 Å². The Morgan fingerprint density at radius 3 is 3.16 bits per heavy atom. The summed E-state index contributed by atoms with van der Waals surface area (Å²) < 4.78 is 14.7. The Kier molecular flexibility index (Phi) is 3.33. The molecule has 0 radical (unpaired) electrons. The van der Waals surface area contributed by atoms with E-state index in [1.54, 1.807) is 6.07 Å². The summed E-state index contributed by atoms with van der Waals surface area (Å²) in [5.74, 6) is 0.383. The highest BCUT2D eigenvalue weighted by Gasteiger charge is 2.23. The van der Waals surface area contributed by atoms with Gasteiger partial charge in [-0.05, 0) is 38.4 Å². The molecule has 1 atom stereocenters. The lowest BCUT2D eigenvalue weighted by molar-refractivity contribution is 0.431. The first kappa shape index (κ1) is 12.3. The molecular weight excluding hydrogens is 245 g/mol. The van der Waals surface area contributed by atoms with Crippen LogP contribution in [0.1, 0.15) is 19.8 Å². The zero-order valence-electron chi connectivity index (χ0n) is 11.0. The molecule has 1 unspecified atom stereocenters. The van der Waals surface area contributed by atoms with Crippen molar-refractivity contribution in [2.24, 2.45) is 0 Å². The number of likely N-dealkylation sites (N-methyl/N-ethyl adjacent to an activating group) is 1. The number of hydrogen-bond acceptors (Lipinski definition) is 4. The molecule has 0 saturated carbocycles. The predicted molar refractivity (Wildman–Crippen MR) is 71.9 cm³/mol. The van der Waals surface area contributed by atoms with E-state index < -0.39 is 0 Å². The van der Waals surface area contributed by atoms with Crippen molar-refractivity contribution in [3.05, 3.63) is 24.1 Å². The van der Waals surface area contributed by atoms with Gasteiger partial charge in [0.15, 0.2) is 5.65 Å². The second kappa shape index (κ2) is 5.13. The molecule has 1 aliphatic rings. The Balaban J connectivity index is 1.91. The van der Waals surface area contributed by atoms with E-state index in [0.717, 1.165) is 26.1 Å². The van der Waals surface area contributed by atoms with Crippen LogP contribution < -0.4 is 10.2 Å². The highest BCUT2D eigenvalue weighted by molar-refractivity contribution is 5.45. The summed E-state index contributed by atoms with van der Waals surface area (Å²) in [6.07, 6.45) is 3.67. The maximum atomic E-state index is 13.2. The van der Waals surface area contributed by atoms with Crippen LogP contribution in [0, 0.1) is 5.82 Å². The lowest BCUT2D eigenvalue weighted by Gasteiger charge is -2.33. The van der Waals surface area contributed by atoms with Gasteiger partial charge in [-0.2, -0.15) is 4.98 Å². The summed E-state index contributed by atoms with van der Waals surface area (Å²) in [7, 11) is 0. The summed E-state index contributed by atoms with van der Waals surface area (Å²) >= 11 is 0. The SMILES string of the molecule is CCN(c1nc2ccc(F)cn2n1)C1CCCNC1. The van der Waals surface area contributed by atoms with Crippen molar-refractivity contribution in [1.82, 2.24) is 19.9 Å². The first-order valence-corrected chi connectivity index (χ1v) is 6.77. The molecule has 1 fully saturated rings. The standard InChI is InChI=1S/C13H18FN5/c1-2-18(11-4-3-7-15-8-11)13-16-12-6-5-10(14)9-19(12)17-13/h5-6,9,11,15H,2-4,7-8H2,1H3. The van der Waals surface area contributed by atoms with Crippen LogP contribution >= 0.6 is 0 Å². The van der Waals surface area contributed by atoms with Crippen molar-refractivity contribution < 1.29 is 4.39 Å². The largest absolute Gasteiger partial charge is 0.336 e. The van der Waals surface area contributed by atoms with E-state index in [0.29, 0.717) is 17.6 Å². The highest BCUT2D eigenvalue weighted by atomic mass is 19.1. The topological polar surface area (TPSA) is 45.5 Å². The van der Waals surface area contributed by atoms with Crippen LogP contribution in [-0.4, -0.2) is 40.3 Å². The number of hydrogen-bond donors (Lipinski definition) is 1. The maximum Gasteiger partial charge on any atom is 0.245 e.